The summed E-state index contributed by atoms with van der Waals surface area (Å²) in [4.78, 5) is 10.9. The van der Waals surface area contributed by atoms with Crippen molar-refractivity contribution in [1.29, 1.82) is 0 Å². The summed E-state index contributed by atoms with van der Waals surface area (Å²) >= 11 is 0. The predicted molar refractivity (Wildman–Crippen MR) is 69.3 cm³/mol. The molecule has 0 saturated carbocycles. The van der Waals surface area contributed by atoms with E-state index in [9.17, 15) is 4.79 Å². The fourth-order valence-electron chi connectivity index (χ4n) is 1.77. The largest absolute Gasteiger partial charge is 0.375 e. The lowest BCUT2D eigenvalue weighted by Crippen LogP contribution is -2.08. The third-order valence-corrected chi connectivity index (χ3v) is 2.85. The number of carbonyl (C=O) groups is 1. The highest BCUT2D eigenvalue weighted by Crippen LogP contribution is 2.11. The summed E-state index contributed by atoms with van der Waals surface area (Å²) in [7, 11) is 0. The Morgan fingerprint density at radius 1 is 1.24 bits per heavy atom. The molecule has 0 aliphatic carbocycles. The van der Waals surface area contributed by atoms with Crippen molar-refractivity contribution in [2.45, 2.75) is 52.7 Å². The highest BCUT2D eigenvalue weighted by atomic mass is 16.5. The maximum absolute atomic E-state index is 10.9. The minimum absolute atomic E-state index is 0.609. The molecule has 0 aliphatic rings. The van der Waals surface area contributed by atoms with Crippen LogP contribution in [-0.2, 0) is 17.9 Å². The summed E-state index contributed by atoms with van der Waals surface area (Å²) in [6.45, 7) is 6.62. The maximum atomic E-state index is 10.9. The van der Waals surface area contributed by atoms with E-state index in [0.29, 0.717) is 6.61 Å². The first-order valence-electron chi connectivity index (χ1n) is 6.54. The topological polar surface area (TPSA) is 31.2 Å². The average Bonchev–Trinajstić information content (AvgIpc) is 2.74. The number of aldehydes is 1. The molecule has 0 unspecified atom stereocenters. The van der Waals surface area contributed by atoms with E-state index in [1.807, 2.05) is 12.1 Å². The van der Waals surface area contributed by atoms with Crippen molar-refractivity contribution in [3.63, 3.8) is 0 Å². The summed E-state index contributed by atoms with van der Waals surface area (Å²) in [5, 5.41) is 0. The molecule has 1 aromatic heterocycles. The summed E-state index contributed by atoms with van der Waals surface area (Å²) in [6, 6.07) is 3.87. The van der Waals surface area contributed by atoms with Gasteiger partial charge in [0.15, 0.2) is 6.29 Å². The molecule has 1 aromatic rings. The van der Waals surface area contributed by atoms with E-state index in [0.717, 1.165) is 56.5 Å². The minimum atomic E-state index is 0.609. The SMILES string of the molecule is CCCCOCc1ccc(C=O)n1CCCC. The van der Waals surface area contributed by atoms with Gasteiger partial charge in [0.25, 0.3) is 0 Å². The van der Waals surface area contributed by atoms with Crippen LogP contribution < -0.4 is 0 Å². The Morgan fingerprint density at radius 2 is 2.00 bits per heavy atom. The van der Waals surface area contributed by atoms with Crippen molar-refractivity contribution in [1.82, 2.24) is 4.57 Å². The summed E-state index contributed by atoms with van der Waals surface area (Å²) in [5.74, 6) is 0. The normalized spacial score (nSPS) is 10.7. The predicted octanol–water partition coefficient (Wildman–Crippen LogP) is 3.42. The molecule has 0 bridgehead atoms. The molecule has 17 heavy (non-hydrogen) atoms. The molecule has 0 aromatic carbocycles. The number of rotatable bonds is 9. The molecule has 0 radical (unpaired) electrons. The molecule has 3 heteroatoms. The second kappa shape index (κ2) is 8.07. The third kappa shape index (κ3) is 4.35. The summed E-state index contributed by atoms with van der Waals surface area (Å²) in [5.41, 5.74) is 1.86. The lowest BCUT2D eigenvalue weighted by atomic mass is 10.3. The zero-order valence-corrected chi connectivity index (χ0v) is 10.9. The molecule has 0 N–H and O–H groups in total. The Hall–Kier alpha value is -1.09. The van der Waals surface area contributed by atoms with Gasteiger partial charge in [0, 0.05) is 18.8 Å². The number of hydrogen-bond acceptors (Lipinski definition) is 2. The molecule has 0 saturated heterocycles. The van der Waals surface area contributed by atoms with Crippen LogP contribution in [0.1, 0.15) is 55.7 Å². The van der Waals surface area contributed by atoms with Crippen LogP contribution in [0.2, 0.25) is 0 Å². The van der Waals surface area contributed by atoms with Crippen LogP contribution in [-0.4, -0.2) is 17.5 Å². The molecule has 1 heterocycles. The smallest absolute Gasteiger partial charge is 0.166 e. The highest BCUT2D eigenvalue weighted by molar-refractivity contribution is 5.72. The second-order valence-corrected chi connectivity index (χ2v) is 4.28. The fraction of sp³-hybridized carbons (Fsp3) is 0.643. The molecule has 1 rings (SSSR count). The molecule has 0 aliphatic heterocycles. The van der Waals surface area contributed by atoms with E-state index in [2.05, 4.69) is 18.4 Å². The van der Waals surface area contributed by atoms with Gasteiger partial charge in [-0.1, -0.05) is 26.7 Å². The Labute approximate surface area is 104 Å². The van der Waals surface area contributed by atoms with Crippen LogP contribution in [0.15, 0.2) is 12.1 Å². The molecular formula is C14H23NO2. The van der Waals surface area contributed by atoms with Gasteiger partial charge < -0.3 is 9.30 Å². The van der Waals surface area contributed by atoms with Gasteiger partial charge in [-0.2, -0.15) is 0 Å². The first-order valence-corrected chi connectivity index (χ1v) is 6.54. The van der Waals surface area contributed by atoms with Crippen LogP contribution in [0, 0.1) is 0 Å². The van der Waals surface area contributed by atoms with Gasteiger partial charge in [-0.05, 0) is 25.0 Å². The van der Waals surface area contributed by atoms with Crippen LogP contribution in [0.4, 0.5) is 0 Å². The zero-order chi connectivity index (χ0) is 12.5. The minimum Gasteiger partial charge on any atom is -0.375 e. The lowest BCUT2D eigenvalue weighted by Gasteiger charge is -2.10. The van der Waals surface area contributed by atoms with E-state index in [4.69, 9.17) is 4.74 Å². The second-order valence-electron chi connectivity index (χ2n) is 4.28. The van der Waals surface area contributed by atoms with Crippen molar-refractivity contribution >= 4 is 6.29 Å². The molecular weight excluding hydrogens is 214 g/mol. The maximum Gasteiger partial charge on any atom is 0.166 e. The van der Waals surface area contributed by atoms with Crippen LogP contribution in [0.25, 0.3) is 0 Å². The Kier molecular flexibility index (Phi) is 6.63. The highest BCUT2D eigenvalue weighted by Gasteiger charge is 2.06. The van der Waals surface area contributed by atoms with Crippen LogP contribution >= 0.6 is 0 Å². The molecule has 0 spiro atoms. The average molecular weight is 237 g/mol. The standard InChI is InChI=1S/C14H23NO2/c1-3-5-9-15-13(11-16)7-8-14(15)12-17-10-6-4-2/h7-8,11H,3-6,9-10,12H2,1-2H3. The molecule has 3 nitrogen and oxygen atoms in total. The van der Waals surface area contributed by atoms with Crippen molar-refractivity contribution in [2.24, 2.45) is 0 Å². The first kappa shape index (κ1) is 14.0. The Balaban J connectivity index is 2.56. The monoisotopic (exact) mass is 237 g/mol. The van der Waals surface area contributed by atoms with Crippen molar-refractivity contribution in [3.8, 4) is 0 Å². The zero-order valence-electron chi connectivity index (χ0n) is 10.9. The van der Waals surface area contributed by atoms with Crippen molar-refractivity contribution < 1.29 is 9.53 Å². The molecule has 0 fully saturated rings. The van der Waals surface area contributed by atoms with E-state index in [1.165, 1.54) is 0 Å². The van der Waals surface area contributed by atoms with Crippen molar-refractivity contribution in [3.05, 3.63) is 23.5 Å². The van der Waals surface area contributed by atoms with Gasteiger partial charge in [0.2, 0.25) is 0 Å². The lowest BCUT2D eigenvalue weighted by molar-refractivity contribution is 0.109. The van der Waals surface area contributed by atoms with Gasteiger partial charge in [-0.15, -0.1) is 0 Å². The molecule has 96 valence electrons. The van der Waals surface area contributed by atoms with Gasteiger partial charge in [0.05, 0.1) is 12.3 Å². The fourth-order valence-corrected chi connectivity index (χ4v) is 1.77. The first-order chi connectivity index (χ1) is 8.33. The Bertz CT molecular complexity index is 331. The number of carbonyl (C=O) groups excluding carboxylic acids is 1. The van der Waals surface area contributed by atoms with Crippen LogP contribution in [0.3, 0.4) is 0 Å². The number of aromatic nitrogens is 1. The number of hydrogen-bond donors (Lipinski definition) is 0. The van der Waals surface area contributed by atoms with E-state index >= 15 is 0 Å². The number of nitrogens with zero attached hydrogens (tertiary/aromatic N) is 1. The van der Waals surface area contributed by atoms with Gasteiger partial charge in [0.1, 0.15) is 0 Å². The van der Waals surface area contributed by atoms with E-state index in [1.54, 1.807) is 0 Å². The van der Waals surface area contributed by atoms with Gasteiger partial charge in [-0.25, -0.2) is 0 Å². The van der Waals surface area contributed by atoms with Gasteiger partial charge >= 0.3 is 0 Å². The van der Waals surface area contributed by atoms with Crippen LogP contribution in [0.5, 0.6) is 0 Å². The van der Waals surface area contributed by atoms with Crippen molar-refractivity contribution in [2.75, 3.05) is 6.61 Å². The number of unbranched alkanes of at least 4 members (excludes halogenated alkanes) is 2. The summed E-state index contributed by atoms with van der Waals surface area (Å²) in [6.07, 6.45) is 5.39. The van der Waals surface area contributed by atoms with E-state index in [-0.39, 0.29) is 0 Å². The number of ether oxygens (including phenoxy) is 1. The quantitative estimate of drug-likeness (QED) is 0.487. The third-order valence-electron chi connectivity index (χ3n) is 2.85. The van der Waals surface area contributed by atoms with Gasteiger partial charge in [-0.3, -0.25) is 4.79 Å². The molecule has 0 amide bonds. The van der Waals surface area contributed by atoms with E-state index < -0.39 is 0 Å². The Morgan fingerprint density at radius 3 is 2.65 bits per heavy atom. The molecule has 0 atom stereocenters. The summed E-state index contributed by atoms with van der Waals surface area (Å²) < 4.78 is 7.67.